The van der Waals surface area contributed by atoms with Crippen LogP contribution in [0.15, 0.2) is 72.8 Å². The molecular formula is C31H37N3O3. The number of ether oxygens (including phenoxy) is 2. The monoisotopic (exact) mass is 499 g/mol. The van der Waals surface area contributed by atoms with E-state index in [0.717, 1.165) is 62.4 Å². The Balaban J connectivity index is 1.14. The number of methoxy groups -OCH3 is 1. The Morgan fingerprint density at radius 2 is 1.78 bits per heavy atom. The van der Waals surface area contributed by atoms with Crippen LogP contribution >= 0.6 is 0 Å². The molecule has 6 heteroatoms. The Kier molecular flexibility index (Phi) is 8.07. The summed E-state index contributed by atoms with van der Waals surface area (Å²) in [7, 11) is 1.70. The predicted molar refractivity (Wildman–Crippen MR) is 147 cm³/mol. The molecule has 6 nitrogen and oxygen atoms in total. The smallest absolute Gasteiger partial charge is 0.251 e. The largest absolute Gasteiger partial charge is 0.497 e. The minimum absolute atomic E-state index is 0.0306. The second-order valence-electron chi connectivity index (χ2n) is 9.94. The van der Waals surface area contributed by atoms with Crippen LogP contribution in [0.1, 0.15) is 52.5 Å². The third kappa shape index (κ3) is 6.14. The molecular weight excluding hydrogens is 462 g/mol. The quantitative estimate of drug-likeness (QED) is 0.472. The van der Waals surface area contributed by atoms with Gasteiger partial charge in [0.15, 0.2) is 0 Å². The number of amides is 1. The Morgan fingerprint density at radius 3 is 2.51 bits per heavy atom. The van der Waals surface area contributed by atoms with E-state index in [4.69, 9.17) is 9.47 Å². The van der Waals surface area contributed by atoms with Gasteiger partial charge in [-0.2, -0.15) is 0 Å². The molecule has 1 N–H and O–H groups in total. The lowest BCUT2D eigenvalue weighted by Crippen LogP contribution is -2.46. The molecule has 0 bridgehead atoms. The molecule has 1 saturated heterocycles. The number of hydrogen-bond donors (Lipinski definition) is 1. The third-order valence-electron chi connectivity index (χ3n) is 7.61. The highest BCUT2D eigenvalue weighted by molar-refractivity contribution is 5.94. The van der Waals surface area contributed by atoms with E-state index in [1.807, 2.05) is 55.5 Å². The summed E-state index contributed by atoms with van der Waals surface area (Å²) in [5.41, 5.74) is 5.54. The number of carbonyl (C=O) groups is 1. The molecule has 2 aliphatic heterocycles. The molecule has 194 valence electrons. The van der Waals surface area contributed by atoms with Gasteiger partial charge < -0.3 is 19.7 Å². The summed E-state index contributed by atoms with van der Waals surface area (Å²) in [5.74, 6) is 0.863. The van der Waals surface area contributed by atoms with Crippen molar-refractivity contribution in [1.29, 1.82) is 0 Å². The SMILES string of the molecule is COc1ccc(N2CCN(CCC3OCCc4cc(C(=O)N[C@@H](C)c5ccccc5)ccc43)CC2)cc1. The van der Waals surface area contributed by atoms with Gasteiger partial charge in [-0.1, -0.05) is 36.4 Å². The fourth-order valence-electron chi connectivity index (χ4n) is 5.34. The highest BCUT2D eigenvalue weighted by Crippen LogP contribution is 2.31. The first-order valence-electron chi connectivity index (χ1n) is 13.3. The molecule has 1 fully saturated rings. The van der Waals surface area contributed by atoms with E-state index in [1.54, 1.807) is 7.11 Å². The van der Waals surface area contributed by atoms with Crippen molar-refractivity contribution in [3.05, 3.63) is 95.1 Å². The van der Waals surface area contributed by atoms with E-state index in [-0.39, 0.29) is 18.1 Å². The summed E-state index contributed by atoms with van der Waals surface area (Å²) in [5, 5.41) is 3.13. The van der Waals surface area contributed by atoms with Crippen LogP contribution in [0.2, 0.25) is 0 Å². The number of anilines is 1. The lowest BCUT2D eigenvalue weighted by Gasteiger charge is -2.37. The number of rotatable bonds is 8. The minimum atomic E-state index is -0.0361. The van der Waals surface area contributed by atoms with Gasteiger partial charge in [-0.3, -0.25) is 9.69 Å². The van der Waals surface area contributed by atoms with Crippen molar-refractivity contribution in [3.63, 3.8) is 0 Å². The second-order valence-corrected chi connectivity index (χ2v) is 9.94. The minimum Gasteiger partial charge on any atom is -0.497 e. The molecule has 2 heterocycles. The molecule has 0 aromatic heterocycles. The molecule has 0 spiro atoms. The first-order chi connectivity index (χ1) is 18.1. The zero-order chi connectivity index (χ0) is 25.6. The normalized spacial score (nSPS) is 18.6. The van der Waals surface area contributed by atoms with Crippen molar-refractivity contribution in [1.82, 2.24) is 10.2 Å². The predicted octanol–water partition coefficient (Wildman–Crippen LogP) is 5.01. The molecule has 2 atom stereocenters. The molecule has 5 rings (SSSR count). The average molecular weight is 500 g/mol. The van der Waals surface area contributed by atoms with Crippen LogP contribution in [0.3, 0.4) is 0 Å². The van der Waals surface area contributed by atoms with Crippen LogP contribution in [-0.2, 0) is 11.2 Å². The topological polar surface area (TPSA) is 54.0 Å². The van der Waals surface area contributed by atoms with Gasteiger partial charge in [0, 0.05) is 44.0 Å². The molecule has 0 radical (unpaired) electrons. The zero-order valence-corrected chi connectivity index (χ0v) is 21.9. The van der Waals surface area contributed by atoms with Gasteiger partial charge in [-0.15, -0.1) is 0 Å². The number of nitrogens with one attached hydrogen (secondary N) is 1. The lowest BCUT2D eigenvalue weighted by molar-refractivity contribution is 0.0288. The van der Waals surface area contributed by atoms with Crippen molar-refractivity contribution >= 4 is 11.6 Å². The van der Waals surface area contributed by atoms with Gasteiger partial charge in [0.05, 0.1) is 25.9 Å². The van der Waals surface area contributed by atoms with Gasteiger partial charge in [0.1, 0.15) is 5.75 Å². The summed E-state index contributed by atoms with van der Waals surface area (Å²) in [6.07, 6.45) is 1.90. The number of carbonyl (C=O) groups excluding carboxylic acids is 1. The number of piperazine rings is 1. The second kappa shape index (κ2) is 11.8. The Morgan fingerprint density at radius 1 is 1.03 bits per heavy atom. The first-order valence-corrected chi connectivity index (χ1v) is 13.3. The van der Waals surface area contributed by atoms with Crippen LogP contribution in [-0.4, -0.2) is 57.2 Å². The van der Waals surface area contributed by atoms with Crippen molar-refractivity contribution in [2.24, 2.45) is 0 Å². The summed E-state index contributed by atoms with van der Waals surface area (Å²) in [6.45, 7) is 7.87. The molecule has 1 unspecified atom stereocenters. The highest BCUT2D eigenvalue weighted by Gasteiger charge is 2.24. The van der Waals surface area contributed by atoms with E-state index in [0.29, 0.717) is 6.61 Å². The van der Waals surface area contributed by atoms with Crippen molar-refractivity contribution < 1.29 is 14.3 Å². The van der Waals surface area contributed by atoms with Crippen LogP contribution in [0, 0.1) is 0 Å². The van der Waals surface area contributed by atoms with Crippen LogP contribution < -0.4 is 15.0 Å². The third-order valence-corrected chi connectivity index (χ3v) is 7.61. The average Bonchev–Trinajstić information content (AvgIpc) is 2.96. The zero-order valence-electron chi connectivity index (χ0n) is 21.9. The molecule has 3 aromatic rings. The maximum absolute atomic E-state index is 12.9. The number of nitrogens with zero attached hydrogens (tertiary/aromatic N) is 2. The Labute approximate surface area is 220 Å². The van der Waals surface area contributed by atoms with Gasteiger partial charge in [0.25, 0.3) is 5.91 Å². The van der Waals surface area contributed by atoms with Gasteiger partial charge in [-0.25, -0.2) is 0 Å². The number of benzene rings is 3. The molecule has 2 aliphatic rings. The van der Waals surface area contributed by atoms with E-state index < -0.39 is 0 Å². The summed E-state index contributed by atoms with van der Waals surface area (Å²) >= 11 is 0. The molecule has 0 aliphatic carbocycles. The highest BCUT2D eigenvalue weighted by atomic mass is 16.5. The molecule has 1 amide bonds. The fourth-order valence-corrected chi connectivity index (χ4v) is 5.34. The maximum atomic E-state index is 12.9. The van der Waals surface area contributed by atoms with Gasteiger partial charge in [-0.05, 0) is 72.9 Å². The summed E-state index contributed by atoms with van der Waals surface area (Å²) in [6, 6.07) is 24.5. The number of hydrogen-bond acceptors (Lipinski definition) is 5. The van der Waals surface area contributed by atoms with Gasteiger partial charge in [0.2, 0.25) is 0 Å². The Hall–Kier alpha value is -3.35. The summed E-state index contributed by atoms with van der Waals surface area (Å²) in [4.78, 5) is 17.9. The number of fused-ring (bicyclic) bond motifs is 1. The van der Waals surface area contributed by atoms with Crippen molar-refractivity contribution in [3.8, 4) is 5.75 Å². The van der Waals surface area contributed by atoms with E-state index in [1.165, 1.54) is 16.8 Å². The Bertz CT molecular complexity index is 1170. The standard InChI is InChI=1S/C31H37N3O3/c1-23(24-6-4-3-5-7-24)32-31(35)26-8-13-29-25(22-26)15-21-37-30(29)14-16-33-17-19-34(20-18-33)27-9-11-28(36-2)12-10-27/h3-13,22-23,30H,14-21H2,1-2H3,(H,32,35)/t23-,30?/m0/s1. The van der Waals surface area contributed by atoms with Gasteiger partial charge >= 0.3 is 0 Å². The molecule has 3 aromatic carbocycles. The van der Waals surface area contributed by atoms with Crippen LogP contribution in [0.25, 0.3) is 0 Å². The molecule has 37 heavy (non-hydrogen) atoms. The van der Waals surface area contributed by atoms with Crippen molar-refractivity contribution in [2.75, 3.05) is 51.3 Å². The first kappa shape index (κ1) is 25.3. The van der Waals surface area contributed by atoms with E-state index in [9.17, 15) is 4.79 Å². The van der Waals surface area contributed by atoms with E-state index in [2.05, 4.69) is 39.4 Å². The van der Waals surface area contributed by atoms with Crippen LogP contribution in [0.4, 0.5) is 5.69 Å². The van der Waals surface area contributed by atoms with Crippen LogP contribution in [0.5, 0.6) is 5.75 Å². The molecule has 0 saturated carbocycles. The van der Waals surface area contributed by atoms with Crippen molar-refractivity contribution in [2.45, 2.75) is 31.9 Å². The summed E-state index contributed by atoms with van der Waals surface area (Å²) < 4.78 is 11.5. The lowest BCUT2D eigenvalue weighted by atomic mass is 9.93. The fraction of sp³-hybridized carbons (Fsp3) is 0.387. The maximum Gasteiger partial charge on any atom is 0.251 e. The van der Waals surface area contributed by atoms with E-state index >= 15 is 0 Å².